The highest BCUT2D eigenvalue weighted by Crippen LogP contribution is 2.56. The lowest BCUT2D eigenvalue weighted by molar-refractivity contribution is 0.590. The predicted octanol–water partition coefficient (Wildman–Crippen LogP) is 12.7. The lowest BCUT2D eigenvalue weighted by Crippen LogP contribution is -2.62. The fourth-order valence-corrected chi connectivity index (χ4v) is 10.8. The minimum Gasteiger partial charge on any atom is -0.376 e. The minimum absolute atomic E-state index is 0.00569. The van der Waals surface area contributed by atoms with Crippen molar-refractivity contribution in [2.24, 2.45) is 0 Å². The Balaban J connectivity index is 1.26. The number of hydrogen-bond donors (Lipinski definition) is 0. The standard InChI is InChI=1S/C54H43BN2/c1-53(2,3)37-26-27-47(41(30-37)33-16-7-6-8-17-33)56-48-31-42-39-22-12-13-24-43(39)54(4,5)44(42)32-45(48)55-51-49(56)29-34-18-9-11-21-38(34)50(51)40-23-15-20-36-28-35-19-10-14-25-46(35)57(55)52(36)40/h6-27,29-32H,28H2,1-5H3. The zero-order valence-corrected chi connectivity index (χ0v) is 33.2. The van der Waals surface area contributed by atoms with E-state index in [-0.39, 0.29) is 17.7 Å². The maximum absolute atomic E-state index is 2.72. The van der Waals surface area contributed by atoms with Crippen LogP contribution in [0.1, 0.15) is 62.4 Å². The van der Waals surface area contributed by atoms with Crippen molar-refractivity contribution in [2.45, 2.75) is 51.9 Å². The van der Waals surface area contributed by atoms with Gasteiger partial charge in [0, 0.05) is 45.7 Å². The summed E-state index contributed by atoms with van der Waals surface area (Å²) >= 11 is 0. The summed E-state index contributed by atoms with van der Waals surface area (Å²) in [6.07, 6.45) is 0.932. The van der Waals surface area contributed by atoms with E-state index >= 15 is 0 Å². The van der Waals surface area contributed by atoms with Crippen molar-refractivity contribution in [3.8, 4) is 33.4 Å². The fourth-order valence-electron chi connectivity index (χ4n) is 10.8. The monoisotopic (exact) mass is 730 g/mol. The van der Waals surface area contributed by atoms with E-state index in [9.17, 15) is 0 Å². The molecule has 4 aliphatic rings. The molecular weight excluding hydrogens is 687 g/mol. The molecule has 3 heteroatoms. The van der Waals surface area contributed by atoms with E-state index in [2.05, 4.69) is 202 Å². The molecule has 12 rings (SSSR count). The van der Waals surface area contributed by atoms with Crippen LogP contribution in [0.3, 0.4) is 0 Å². The lowest BCUT2D eigenvalue weighted by Gasteiger charge is -2.49. The van der Waals surface area contributed by atoms with Crippen molar-refractivity contribution in [1.29, 1.82) is 0 Å². The molecule has 0 saturated heterocycles. The highest BCUT2D eigenvalue weighted by molar-refractivity contribution is 6.94. The third-order valence-corrected chi connectivity index (χ3v) is 13.6. The van der Waals surface area contributed by atoms with Gasteiger partial charge in [0.1, 0.15) is 0 Å². The highest BCUT2D eigenvalue weighted by atomic mass is 15.2. The second kappa shape index (κ2) is 11.4. The van der Waals surface area contributed by atoms with Gasteiger partial charge in [-0.2, -0.15) is 0 Å². The Morgan fingerprint density at radius 1 is 0.544 bits per heavy atom. The summed E-state index contributed by atoms with van der Waals surface area (Å²) in [5, 5.41) is 2.58. The molecule has 0 radical (unpaired) electrons. The van der Waals surface area contributed by atoms with Gasteiger partial charge in [0.25, 0.3) is 0 Å². The molecule has 8 aromatic rings. The van der Waals surface area contributed by atoms with Crippen molar-refractivity contribution < 1.29 is 0 Å². The quantitative estimate of drug-likeness (QED) is 0.163. The van der Waals surface area contributed by atoms with E-state index in [1.165, 1.54) is 111 Å². The van der Waals surface area contributed by atoms with Gasteiger partial charge in [0.05, 0.1) is 5.69 Å². The molecule has 3 aliphatic heterocycles. The van der Waals surface area contributed by atoms with Crippen LogP contribution in [0.5, 0.6) is 0 Å². The highest BCUT2D eigenvalue weighted by Gasteiger charge is 2.49. The van der Waals surface area contributed by atoms with Crippen molar-refractivity contribution >= 4 is 57.0 Å². The molecular formula is C54H43BN2. The first kappa shape index (κ1) is 32.9. The molecule has 0 unspecified atom stereocenters. The average molecular weight is 731 g/mol. The Morgan fingerprint density at radius 2 is 1.28 bits per heavy atom. The molecule has 272 valence electrons. The molecule has 1 aliphatic carbocycles. The second-order valence-electron chi connectivity index (χ2n) is 18.1. The van der Waals surface area contributed by atoms with Crippen LogP contribution in [0.2, 0.25) is 0 Å². The Morgan fingerprint density at radius 3 is 2.14 bits per heavy atom. The average Bonchev–Trinajstić information content (AvgIpc) is 3.45. The van der Waals surface area contributed by atoms with Gasteiger partial charge in [-0.05, 0) is 108 Å². The summed E-state index contributed by atoms with van der Waals surface area (Å²) in [6.45, 7) is 11.8. The molecule has 0 aromatic heterocycles. The van der Waals surface area contributed by atoms with Crippen LogP contribution < -0.4 is 20.6 Å². The van der Waals surface area contributed by atoms with E-state index in [1.54, 1.807) is 0 Å². The summed E-state index contributed by atoms with van der Waals surface area (Å²) < 4.78 is 0. The predicted molar refractivity (Wildman–Crippen MR) is 242 cm³/mol. The minimum atomic E-state index is -0.140. The Bertz CT molecular complexity index is 3020. The zero-order chi connectivity index (χ0) is 38.4. The van der Waals surface area contributed by atoms with Crippen LogP contribution in [-0.2, 0) is 17.3 Å². The van der Waals surface area contributed by atoms with Crippen LogP contribution in [0, 0.1) is 0 Å². The zero-order valence-electron chi connectivity index (χ0n) is 33.2. The number of anilines is 5. The van der Waals surface area contributed by atoms with Gasteiger partial charge >= 0.3 is 6.85 Å². The summed E-state index contributed by atoms with van der Waals surface area (Å²) in [5.74, 6) is 0. The third-order valence-electron chi connectivity index (χ3n) is 13.6. The summed E-state index contributed by atoms with van der Waals surface area (Å²) in [5.41, 5.74) is 23.8. The van der Waals surface area contributed by atoms with Gasteiger partial charge in [0.15, 0.2) is 0 Å². The van der Waals surface area contributed by atoms with Gasteiger partial charge < -0.3 is 9.71 Å². The molecule has 3 heterocycles. The fraction of sp³-hybridized carbons (Fsp3) is 0.148. The number of rotatable bonds is 2. The van der Waals surface area contributed by atoms with E-state index < -0.39 is 0 Å². The van der Waals surface area contributed by atoms with E-state index in [1.807, 2.05) is 0 Å². The molecule has 0 amide bonds. The van der Waals surface area contributed by atoms with Gasteiger partial charge in [-0.3, -0.25) is 0 Å². The third kappa shape index (κ3) is 4.43. The van der Waals surface area contributed by atoms with Crippen molar-refractivity contribution in [2.75, 3.05) is 9.71 Å². The van der Waals surface area contributed by atoms with E-state index in [0.29, 0.717) is 0 Å². The van der Waals surface area contributed by atoms with Crippen LogP contribution in [0.15, 0.2) is 158 Å². The van der Waals surface area contributed by atoms with Gasteiger partial charge in [-0.15, -0.1) is 0 Å². The smallest absolute Gasteiger partial charge is 0.333 e. The van der Waals surface area contributed by atoms with Crippen LogP contribution in [0.4, 0.5) is 28.4 Å². The van der Waals surface area contributed by atoms with Crippen LogP contribution in [0.25, 0.3) is 44.2 Å². The Kier molecular flexibility index (Phi) is 6.57. The summed E-state index contributed by atoms with van der Waals surface area (Å²) in [6, 6.07) is 60.3. The second-order valence-corrected chi connectivity index (χ2v) is 18.1. The first-order valence-corrected chi connectivity index (χ1v) is 20.5. The molecule has 57 heavy (non-hydrogen) atoms. The van der Waals surface area contributed by atoms with Crippen molar-refractivity contribution in [3.05, 3.63) is 186 Å². The SMILES string of the molecule is CC(C)(C)c1ccc(N2c3cc4c(cc3B3c5c2cc2ccccc2c5-c2cccc5c2N3c2ccccc2C5)C(C)(C)c2ccccc2-4)c(-c2ccccc2)c1. The number of nitrogens with zero attached hydrogens (tertiary/aromatic N) is 2. The summed E-state index contributed by atoms with van der Waals surface area (Å²) in [4.78, 5) is 5.37. The van der Waals surface area contributed by atoms with Gasteiger partial charge in [-0.25, -0.2) is 0 Å². The maximum Gasteiger partial charge on any atom is 0.333 e. The number of para-hydroxylation sites is 2. The maximum atomic E-state index is 2.72. The van der Waals surface area contributed by atoms with Crippen LogP contribution >= 0.6 is 0 Å². The lowest BCUT2D eigenvalue weighted by atomic mass is 9.42. The molecule has 8 aromatic carbocycles. The van der Waals surface area contributed by atoms with Crippen molar-refractivity contribution in [1.82, 2.24) is 0 Å². The van der Waals surface area contributed by atoms with Crippen molar-refractivity contribution in [3.63, 3.8) is 0 Å². The molecule has 0 bridgehead atoms. The first-order valence-electron chi connectivity index (χ1n) is 20.5. The summed E-state index contributed by atoms with van der Waals surface area (Å²) in [7, 11) is 0. The molecule has 0 fully saturated rings. The molecule has 0 saturated carbocycles. The number of benzene rings is 8. The van der Waals surface area contributed by atoms with Gasteiger partial charge in [0.2, 0.25) is 0 Å². The van der Waals surface area contributed by atoms with E-state index in [0.717, 1.165) is 6.42 Å². The van der Waals surface area contributed by atoms with Gasteiger partial charge in [-0.1, -0.05) is 162 Å². The normalized spacial score (nSPS) is 15.1. The Hall–Kier alpha value is -6.32. The molecule has 0 N–H and O–H groups in total. The molecule has 2 nitrogen and oxygen atoms in total. The first-order chi connectivity index (χ1) is 27.7. The van der Waals surface area contributed by atoms with E-state index in [4.69, 9.17) is 0 Å². The number of fused-ring (bicyclic) bond motifs is 11. The largest absolute Gasteiger partial charge is 0.376 e. The molecule has 0 atom stereocenters. The topological polar surface area (TPSA) is 6.48 Å². The molecule has 0 spiro atoms. The van der Waals surface area contributed by atoms with Crippen LogP contribution in [-0.4, -0.2) is 6.85 Å². The number of hydrogen-bond acceptors (Lipinski definition) is 2. The Labute approximate surface area is 336 Å².